The lowest BCUT2D eigenvalue weighted by Gasteiger charge is -2.27. The normalized spacial score (nSPS) is 27.7. The van der Waals surface area contributed by atoms with Gasteiger partial charge in [-0.1, -0.05) is 12.2 Å². The predicted molar refractivity (Wildman–Crippen MR) is 56.0 cm³/mol. The second-order valence-electron chi connectivity index (χ2n) is 3.96. The van der Waals surface area contributed by atoms with Crippen LogP contribution in [0.3, 0.4) is 0 Å². The molecule has 1 N–H and O–H groups in total. The van der Waals surface area contributed by atoms with Crippen LogP contribution in [0.4, 0.5) is 0 Å². The van der Waals surface area contributed by atoms with E-state index in [0.29, 0.717) is 5.92 Å². The van der Waals surface area contributed by atoms with Gasteiger partial charge in [0.15, 0.2) is 12.0 Å². The maximum atomic E-state index is 4.47. The van der Waals surface area contributed by atoms with Gasteiger partial charge < -0.3 is 12.4 Å². The predicted octanol–water partition coefficient (Wildman–Crippen LogP) is -2.35. The van der Waals surface area contributed by atoms with Crippen molar-refractivity contribution in [2.24, 2.45) is 15.9 Å². The Morgan fingerprint density at radius 1 is 1.40 bits per heavy atom. The van der Waals surface area contributed by atoms with Crippen molar-refractivity contribution in [1.82, 2.24) is 0 Å². The fourth-order valence-corrected chi connectivity index (χ4v) is 2.10. The monoisotopic (exact) mass is 221 g/mol. The van der Waals surface area contributed by atoms with E-state index in [9.17, 15) is 0 Å². The van der Waals surface area contributed by atoms with E-state index in [0.717, 1.165) is 12.8 Å². The molecule has 4 heteroatoms. The number of quaternary nitrogens is 1. The number of hydrogen-bond donors (Lipinski definition) is 1. The Bertz CT molecular complexity index is 410. The van der Waals surface area contributed by atoms with Crippen LogP contribution in [0, 0.1) is 5.92 Å². The van der Waals surface area contributed by atoms with Gasteiger partial charge >= 0.3 is 0 Å². The summed E-state index contributed by atoms with van der Waals surface area (Å²) in [6.07, 6.45) is 9.88. The van der Waals surface area contributed by atoms with Gasteiger partial charge in [0.2, 0.25) is 0 Å². The standard InChI is InChI=1S/C11H11N3.ClH/c1-8-4-9(5-8)11-10-6-12-2-3-14(10)7-13-11;/h2-3,6-7,9H,1,4-5H2;1H. The minimum Gasteiger partial charge on any atom is -1.00 e. The quantitative estimate of drug-likeness (QED) is 0.481. The molecule has 0 radical (unpaired) electrons. The average Bonchev–Trinajstić information content (AvgIpc) is 2.56. The van der Waals surface area contributed by atoms with E-state index in [1.165, 1.54) is 21.9 Å². The second-order valence-corrected chi connectivity index (χ2v) is 3.96. The van der Waals surface area contributed by atoms with Crippen molar-refractivity contribution in [3.05, 3.63) is 35.9 Å². The number of allylic oxidation sites excluding steroid dienone is 3. The molecule has 1 saturated carbocycles. The van der Waals surface area contributed by atoms with Crippen LogP contribution >= 0.6 is 0 Å². The van der Waals surface area contributed by atoms with Crippen molar-refractivity contribution in [2.45, 2.75) is 12.8 Å². The summed E-state index contributed by atoms with van der Waals surface area (Å²) < 4.78 is 0. The third-order valence-electron chi connectivity index (χ3n) is 2.93. The largest absolute Gasteiger partial charge is 1.00 e. The van der Waals surface area contributed by atoms with Crippen molar-refractivity contribution in [2.75, 3.05) is 0 Å². The molecule has 0 spiro atoms. The Morgan fingerprint density at radius 3 is 2.93 bits per heavy atom. The molecule has 3 nitrogen and oxygen atoms in total. The Labute approximate surface area is 95.0 Å². The van der Waals surface area contributed by atoms with Crippen LogP contribution in [0.1, 0.15) is 12.8 Å². The lowest BCUT2D eigenvalue weighted by molar-refractivity contribution is -0.682. The molecule has 2 heterocycles. The number of rotatable bonds is 1. The molecule has 1 unspecified atom stereocenters. The summed E-state index contributed by atoms with van der Waals surface area (Å²) in [7, 11) is 0. The van der Waals surface area contributed by atoms with Gasteiger partial charge in [-0.05, 0) is 12.8 Å². The molecule has 15 heavy (non-hydrogen) atoms. The van der Waals surface area contributed by atoms with E-state index >= 15 is 0 Å². The molecule has 78 valence electrons. The molecule has 1 aliphatic carbocycles. The molecular formula is C11H12ClN3. The van der Waals surface area contributed by atoms with E-state index in [4.69, 9.17) is 0 Å². The minimum atomic E-state index is 0. The SMILES string of the molecule is C=C1CC(C2=C3C=NC=C[NH+]3C=N2)C1.[Cl-]. The lowest BCUT2D eigenvalue weighted by Crippen LogP contribution is -3.04. The van der Waals surface area contributed by atoms with Crippen LogP contribution in [-0.2, 0) is 0 Å². The van der Waals surface area contributed by atoms with Crippen LogP contribution in [0.15, 0.2) is 45.9 Å². The van der Waals surface area contributed by atoms with E-state index in [-0.39, 0.29) is 12.4 Å². The summed E-state index contributed by atoms with van der Waals surface area (Å²) in [5, 5.41) is 0. The Kier molecular flexibility index (Phi) is 2.59. The average molecular weight is 222 g/mol. The Balaban J connectivity index is 0.000000853. The van der Waals surface area contributed by atoms with Crippen molar-refractivity contribution in [1.29, 1.82) is 0 Å². The highest BCUT2D eigenvalue weighted by Gasteiger charge is 2.34. The summed E-state index contributed by atoms with van der Waals surface area (Å²) >= 11 is 0. The van der Waals surface area contributed by atoms with Gasteiger partial charge in [-0.15, -0.1) is 0 Å². The maximum absolute atomic E-state index is 4.47. The fourth-order valence-electron chi connectivity index (χ4n) is 2.10. The zero-order chi connectivity index (χ0) is 9.54. The topological polar surface area (TPSA) is 29.2 Å². The highest BCUT2D eigenvalue weighted by molar-refractivity contribution is 5.81. The maximum Gasteiger partial charge on any atom is 0.198 e. The van der Waals surface area contributed by atoms with Gasteiger partial charge in [0.05, 0.1) is 12.4 Å². The summed E-state index contributed by atoms with van der Waals surface area (Å²) in [5.74, 6) is 0.587. The molecule has 3 rings (SSSR count). The molecule has 1 atom stereocenters. The zero-order valence-corrected chi connectivity index (χ0v) is 9.04. The molecule has 0 saturated heterocycles. The summed E-state index contributed by atoms with van der Waals surface area (Å²) in [6, 6.07) is 0. The number of nitrogens with zero attached hydrogens (tertiary/aromatic N) is 2. The molecule has 2 aliphatic heterocycles. The summed E-state index contributed by atoms with van der Waals surface area (Å²) in [6.45, 7) is 3.96. The molecule has 1 fully saturated rings. The summed E-state index contributed by atoms with van der Waals surface area (Å²) in [4.78, 5) is 9.82. The van der Waals surface area contributed by atoms with Crippen LogP contribution < -0.4 is 17.3 Å². The van der Waals surface area contributed by atoms with Crippen molar-refractivity contribution >= 4 is 12.6 Å². The van der Waals surface area contributed by atoms with Gasteiger partial charge in [-0.3, -0.25) is 4.99 Å². The molecule has 0 bridgehead atoms. The highest BCUT2D eigenvalue weighted by Crippen LogP contribution is 2.38. The molecule has 0 aromatic carbocycles. The first-order valence-electron chi connectivity index (χ1n) is 4.86. The molecule has 0 amide bonds. The smallest absolute Gasteiger partial charge is 0.198 e. The molecule has 0 aromatic rings. The molecule has 0 aromatic heterocycles. The third kappa shape index (κ3) is 1.58. The first-order valence-corrected chi connectivity index (χ1v) is 4.86. The first-order chi connectivity index (χ1) is 6.84. The molecular weight excluding hydrogens is 210 g/mol. The van der Waals surface area contributed by atoms with Gasteiger partial charge in [0.1, 0.15) is 11.9 Å². The second kappa shape index (κ2) is 3.76. The van der Waals surface area contributed by atoms with E-state index in [1.54, 1.807) is 0 Å². The Morgan fingerprint density at radius 2 is 2.20 bits per heavy atom. The summed E-state index contributed by atoms with van der Waals surface area (Å²) in [5.41, 5.74) is 3.76. The van der Waals surface area contributed by atoms with Gasteiger partial charge in [-0.25, -0.2) is 9.89 Å². The third-order valence-corrected chi connectivity index (χ3v) is 2.93. The van der Waals surface area contributed by atoms with Crippen LogP contribution in [0.5, 0.6) is 0 Å². The zero-order valence-electron chi connectivity index (χ0n) is 8.28. The van der Waals surface area contributed by atoms with Crippen LogP contribution in [0.2, 0.25) is 0 Å². The number of halogens is 1. The van der Waals surface area contributed by atoms with Crippen molar-refractivity contribution < 1.29 is 17.3 Å². The molecule has 3 aliphatic rings. The number of nitrogens with one attached hydrogen (secondary N) is 1. The van der Waals surface area contributed by atoms with E-state index < -0.39 is 0 Å². The highest BCUT2D eigenvalue weighted by atomic mass is 35.5. The lowest BCUT2D eigenvalue weighted by atomic mass is 9.78. The number of hydrogen-bond acceptors (Lipinski definition) is 2. The Hall–Kier alpha value is -1.19. The van der Waals surface area contributed by atoms with E-state index in [1.807, 2.05) is 25.0 Å². The van der Waals surface area contributed by atoms with E-state index in [2.05, 4.69) is 16.6 Å². The van der Waals surface area contributed by atoms with Gasteiger partial charge in [0, 0.05) is 5.92 Å². The van der Waals surface area contributed by atoms with Gasteiger partial charge in [0.25, 0.3) is 0 Å². The number of aliphatic imine (C=N–C) groups is 2. The van der Waals surface area contributed by atoms with Crippen LogP contribution in [0.25, 0.3) is 0 Å². The van der Waals surface area contributed by atoms with Crippen molar-refractivity contribution in [3.63, 3.8) is 0 Å². The first kappa shape index (κ1) is 10.3. The number of fused-ring (bicyclic) bond motifs is 1. The van der Waals surface area contributed by atoms with Crippen LogP contribution in [-0.4, -0.2) is 12.6 Å². The fraction of sp³-hybridized carbons (Fsp3) is 0.273. The van der Waals surface area contributed by atoms with Crippen molar-refractivity contribution in [3.8, 4) is 0 Å². The minimum absolute atomic E-state index is 0. The van der Waals surface area contributed by atoms with Gasteiger partial charge in [-0.2, -0.15) is 0 Å².